The fourth-order valence-corrected chi connectivity index (χ4v) is 1.76. The molecule has 0 aliphatic rings. The van der Waals surface area contributed by atoms with Crippen LogP contribution in [0, 0.1) is 20.2 Å². The van der Waals surface area contributed by atoms with E-state index in [2.05, 4.69) is 4.74 Å². The van der Waals surface area contributed by atoms with Gasteiger partial charge in [0.05, 0.1) is 14.9 Å². The Hall–Kier alpha value is -2.19. The van der Waals surface area contributed by atoms with Crippen molar-refractivity contribution < 1.29 is 19.4 Å². The Labute approximate surface area is 121 Å². The van der Waals surface area contributed by atoms with Crippen LogP contribution in [0.25, 0.3) is 0 Å². The number of ether oxygens (including phenoxy) is 1. The van der Waals surface area contributed by atoms with E-state index >= 15 is 0 Å². The van der Waals surface area contributed by atoms with Crippen molar-refractivity contribution >= 4 is 40.5 Å². The molecule has 0 radical (unpaired) electrons. The highest BCUT2D eigenvalue weighted by molar-refractivity contribution is 6.38. The average molecular weight is 321 g/mol. The number of nitro groups is 2. The molecule has 0 aromatic heterocycles. The third-order valence-electron chi connectivity index (χ3n) is 2.01. The third kappa shape index (κ3) is 3.22. The first-order valence-electron chi connectivity index (χ1n) is 4.94. The molecular weight excluding hydrogens is 315 g/mol. The standard InChI is InChI=1S/C10H6Cl2N2O6/c1-2-3-7(15)20-10-5(11)4-6(13(16)17)8(12)9(10)14(18)19/h2-4H,1H3/b3-2+. The van der Waals surface area contributed by atoms with Gasteiger partial charge in [-0.25, -0.2) is 4.79 Å². The molecule has 106 valence electrons. The molecule has 0 unspecified atom stereocenters. The number of halogens is 2. The number of hydrogen-bond donors (Lipinski definition) is 0. The zero-order valence-corrected chi connectivity index (χ0v) is 11.3. The molecule has 8 nitrogen and oxygen atoms in total. The summed E-state index contributed by atoms with van der Waals surface area (Å²) in [5.74, 6) is -1.57. The predicted octanol–water partition coefficient (Wildman–Crippen LogP) is 3.29. The molecule has 0 saturated carbocycles. The van der Waals surface area contributed by atoms with Crippen molar-refractivity contribution in [2.45, 2.75) is 6.92 Å². The molecule has 0 saturated heterocycles. The minimum atomic E-state index is -1.01. The Balaban J connectivity index is 3.51. The summed E-state index contributed by atoms with van der Waals surface area (Å²) in [5.41, 5.74) is -1.70. The fraction of sp³-hybridized carbons (Fsp3) is 0.100. The number of hydrogen-bond acceptors (Lipinski definition) is 6. The molecule has 0 N–H and O–H groups in total. The zero-order valence-electron chi connectivity index (χ0n) is 9.83. The van der Waals surface area contributed by atoms with Crippen LogP contribution in [0.4, 0.5) is 11.4 Å². The number of benzene rings is 1. The van der Waals surface area contributed by atoms with Crippen molar-refractivity contribution in [1.82, 2.24) is 0 Å². The van der Waals surface area contributed by atoms with Crippen molar-refractivity contribution in [3.05, 3.63) is 48.5 Å². The molecule has 0 aliphatic carbocycles. The van der Waals surface area contributed by atoms with E-state index in [-0.39, 0.29) is 0 Å². The molecular formula is C10H6Cl2N2O6. The molecule has 0 heterocycles. The van der Waals surface area contributed by atoms with Crippen LogP contribution in [0.5, 0.6) is 5.75 Å². The van der Waals surface area contributed by atoms with Crippen LogP contribution in [-0.2, 0) is 4.79 Å². The number of nitro benzene ring substituents is 2. The summed E-state index contributed by atoms with van der Waals surface area (Å²) in [5, 5.41) is 20.4. The number of allylic oxidation sites excluding steroid dienone is 1. The number of carbonyl (C=O) groups excluding carboxylic acids is 1. The Bertz CT molecular complexity index is 629. The smallest absolute Gasteiger partial charge is 0.338 e. The Morgan fingerprint density at radius 2 is 1.90 bits per heavy atom. The SMILES string of the molecule is C/C=C/C(=O)Oc1c(Cl)cc([N+](=O)[O-])c(Cl)c1[N+](=O)[O-]. The topological polar surface area (TPSA) is 113 Å². The van der Waals surface area contributed by atoms with Crippen LogP contribution in [0.15, 0.2) is 18.2 Å². The van der Waals surface area contributed by atoms with E-state index in [0.29, 0.717) is 0 Å². The van der Waals surface area contributed by atoms with E-state index in [1.165, 1.54) is 13.0 Å². The lowest BCUT2D eigenvalue weighted by Gasteiger charge is -2.06. The van der Waals surface area contributed by atoms with Gasteiger partial charge in [0.15, 0.2) is 5.02 Å². The summed E-state index contributed by atoms with van der Waals surface area (Å²) < 4.78 is 4.69. The summed E-state index contributed by atoms with van der Waals surface area (Å²) >= 11 is 11.3. The monoisotopic (exact) mass is 320 g/mol. The lowest BCUT2D eigenvalue weighted by atomic mass is 10.2. The number of rotatable bonds is 4. The summed E-state index contributed by atoms with van der Waals surface area (Å²) in [7, 11) is 0. The van der Waals surface area contributed by atoms with Crippen molar-refractivity contribution in [1.29, 1.82) is 0 Å². The van der Waals surface area contributed by atoms with Gasteiger partial charge in [-0.15, -0.1) is 0 Å². The first-order chi connectivity index (χ1) is 9.29. The van der Waals surface area contributed by atoms with E-state index in [4.69, 9.17) is 23.2 Å². The molecule has 1 aromatic rings. The van der Waals surface area contributed by atoms with Crippen LogP contribution in [0.1, 0.15) is 6.92 Å². The summed E-state index contributed by atoms with van der Waals surface area (Å²) in [6.07, 6.45) is 2.34. The van der Waals surface area contributed by atoms with Gasteiger partial charge in [-0.2, -0.15) is 0 Å². The van der Waals surface area contributed by atoms with E-state index in [0.717, 1.165) is 12.1 Å². The molecule has 1 rings (SSSR count). The summed E-state index contributed by atoms with van der Waals surface area (Å²) in [6, 6.07) is 0.773. The van der Waals surface area contributed by atoms with Gasteiger partial charge in [0.1, 0.15) is 0 Å². The molecule has 0 fully saturated rings. The van der Waals surface area contributed by atoms with Gasteiger partial charge in [-0.3, -0.25) is 20.2 Å². The minimum Gasteiger partial charge on any atom is -0.414 e. The lowest BCUT2D eigenvalue weighted by molar-refractivity contribution is -0.394. The third-order valence-corrected chi connectivity index (χ3v) is 2.67. The van der Waals surface area contributed by atoms with Crippen LogP contribution >= 0.6 is 23.2 Å². The van der Waals surface area contributed by atoms with Crippen molar-refractivity contribution in [3.63, 3.8) is 0 Å². The maximum atomic E-state index is 11.3. The Morgan fingerprint density at radius 3 is 2.35 bits per heavy atom. The van der Waals surface area contributed by atoms with Gasteiger partial charge in [0.2, 0.25) is 5.75 Å². The Morgan fingerprint density at radius 1 is 1.30 bits per heavy atom. The van der Waals surface area contributed by atoms with Gasteiger partial charge < -0.3 is 4.74 Å². The van der Waals surface area contributed by atoms with Crippen LogP contribution in [0.2, 0.25) is 10.0 Å². The van der Waals surface area contributed by atoms with Gasteiger partial charge in [-0.05, 0) is 6.92 Å². The van der Waals surface area contributed by atoms with Crippen LogP contribution in [-0.4, -0.2) is 15.8 Å². The molecule has 1 aromatic carbocycles. The molecule has 20 heavy (non-hydrogen) atoms. The number of esters is 1. The number of nitrogens with zero attached hydrogens (tertiary/aromatic N) is 2. The average Bonchev–Trinajstić information content (AvgIpc) is 2.32. The predicted molar refractivity (Wildman–Crippen MR) is 70.2 cm³/mol. The highest BCUT2D eigenvalue weighted by atomic mass is 35.5. The van der Waals surface area contributed by atoms with Crippen LogP contribution in [0.3, 0.4) is 0 Å². The van der Waals surface area contributed by atoms with Gasteiger partial charge >= 0.3 is 11.7 Å². The molecule has 10 heteroatoms. The highest BCUT2D eigenvalue weighted by Gasteiger charge is 2.32. The van der Waals surface area contributed by atoms with Gasteiger partial charge in [-0.1, -0.05) is 29.3 Å². The quantitative estimate of drug-likeness (QED) is 0.276. The van der Waals surface area contributed by atoms with E-state index in [1.807, 2.05) is 0 Å². The second kappa shape index (κ2) is 6.31. The Kier molecular flexibility index (Phi) is 5.00. The van der Waals surface area contributed by atoms with Crippen LogP contribution < -0.4 is 4.74 Å². The normalized spacial score (nSPS) is 10.6. The first-order valence-corrected chi connectivity index (χ1v) is 5.70. The van der Waals surface area contributed by atoms with Crippen molar-refractivity contribution in [3.8, 4) is 5.75 Å². The maximum Gasteiger partial charge on any atom is 0.338 e. The molecule has 0 atom stereocenters. The van der Waals surface area contributed by atoms with E-state index in [1.54, 1.807) is 0 Å². The molecule has 0 amide bonds. The first kappa shape index (κ1) is 15.9. The molecule has 0 spiro atoms. The summed E-state index contributed by atoms with van der Waals surface area (Å²) in [6.45, 7) is 1.53. The summed E-state index contributed by atoms with van der Waals surface area (Å²) in [4.78, 5) is 31.0. The molecule has 0 aliphatic heterocycles. The van der Waals surface area contributed by atoms with E-state index in [9.17, 15) is 25.0 Å². The lowest BCUT2D eigenvalue weighted by Crippen LogP contribution is -2.07. The second-order valence-electron chi connectivity index (χ2n) is 3.30. The largest absolute Gasteiger partial charge is 0.414 e. The van der Waals surface area contributed by atoms with Gasteiger partial charge in [0, 0.05) is 12.1 Å². The fourth-order valence-electron chi connectivity index (χ4n) is 1.25. The van der Waals surface area contributed by atoms with Crippen molar-refractivity contribution in [2.75, 3.05) is 0 Å². The van der Waals surface area contributed by atoms with Gasteiger partial charge in [0.25, 0.3) is 5.69 Å². The minimum absolute atomic E-state index is 0.467. The second-order valence-corrected chi connectivity index (χ2v) is 4.09. The maximum absolute atomic E-state index is 11.3. The molecule has 0 bridgehead atoms. The van der Waals surface area contributed by atoms with E-state index < -0.39 is 43.0 Å². The zero-order chi connectivity index (χ0) is 15.4. The highest BCUT2D eigenvalue weighted by Crippen LogP contribution is 2.45. The van der Waals surface area contributed by atoms with Crippen molar-refractivity contribution in [2.24, 2.45) is 0 Å². The number of carbonyl (C=O) groups is 1.